The number of aliphatic carboxylic acids is 1. The fourth-order valence-electron chi connectivity index (χ4n) is 1.79. The molecule has 0 radical (unpaired) electrons. The van der Waals surface area contributed by atoms with Crippen LogP contribution >= 0.6 is 0 Å². The molecular formula is C9H11N3O3. The van der Waals surface area contributed by atoms with E-state index in [-0.39, 0.29) is 12.5 Å². The second-order valence-corrected chi connectivity index (χ2v) is 3.53. The molecule has 1 aliphatic heterocycles. The molecule has 0 fully saturated rings. The number of aromatic nitrogens is 2. The van der Waals surface area contributed by atoms with Gasteiger partial charge in [-0.2, -0.15) is 0 Å². The van der Waals surface area contributed by atoms with Crippen LogP contribution < -0.4 is 0 Å². The van der Waals surface area contributed by atoms with E-state index in [9.17, 15) is 9.59 Å². The number of hydrogen-bond donors (Lipinski definition) is 2. The number of hydrogen-bond acceptors (Lipinski definition) is 3. The molecule has 1 unspecified atom stereocenters. The summed E-state index contributed by atoms with van der Waals surface area (Å²) in [6.45, 7) is 1.64. The van der Waals surface area contributed by atoms with Gasteiger partial charge in [0, 0.05) is 19.0 Å². The Morgan fingerprint density at radius 3 is 3.00 bits per heavy atom. The predicted molar refractivity (Wildman–Crippen MR) is 49.9 cm³/mol. The van der Waals surface area contributed by atoms with Crippen molar-refractivity contribution in [3.05, 3.63) is 17.7 Å². The molecule has 0 aromatic carbocycles. The summed E-state index contributed by atoms with van der Waals surface area (Å²) in [6, 6.07) is -0.782. The first-order chi connectivity index (χ1) is 7.09. The van der Waals surface area contributed by atoms with Crippen LogP contribution in [-0.4, -0.2) is 37.9 Å². The third kappa shape index (κ3) is 1.58. The first kappa shape index (κ1) is 9.70. The van der Waals surface area contributed by atoms with Crippen molar-refractivity contribution in [3.8, 4) is 0 Å². The minimum atomic E-state index is -0.981. The van der Waals surface area contributed by atoms with Crippen molar-refractivity contribution in [1.82, 2.24) is 14.9 Å². The molecule has 1 amide bonds. The molecule has 1 atom stereocenters. The standard InChI is InChI=1S/C9H11N3O3/c1-5(13)12-3-7-6(10-4-11-7)2-8(12)9(14)15/h4,8H,2-3H2,1H3,(H,10,11)(H,14,15). The van der Waals surface area contributed by atoms with Crippen LogP contribution in [-0.2, 0) is 22.6 Å². The molecular weight excluding hydrogens is 198 g/mol. The van der Waals surface area contributed by atoms with Crippen LogP contribution in [0.3, 0.4) is 0 Å². The smallest absolute Gasteiger partial charge is 0.326 e. The van der Waals surface area contributed by atoms with E-state index < -0.39 is 12.0 Å². The van der Waals surface area contributed by atoms with Crippen molar-refractivity contribution in [1.29, 1.82) is 0 Å². The maximum atomic E-state index is 11.3. The molecule has 15 heavy (non-hydrogen) atoms. The van der Waals surface area contributed by atoms with Crippen molar-refractivity contribution in [2.24, 2.45) is 0 Å². The van der Waals surface area contributed by atoms with Crippen LogP contribution in [0.1, 0.15) is 18.3 Å². The molecule has 2 rings (SSSR count). The first-order valence-electron chi connectivity index (χ1n) is 4.60. The SMILES string of the molecule is CC(=O)N1Cc2nc[nH]c2CC1C(=O)O. The van der Waals surface area contributed by atoms with Gasteiger partial charge in [-0.15, -0.1) is 0 Å². The topological polar surface area (TPSA) is 86.3 Å². The Kier molecular flexibility index (Phi) is 2.18. The molecule has 1 aromatic heterocycles. The fraction of sp³-hybridized carbons (Fsp3) is 0.444. The normalized spacial score (nSPS) is 19.8. The monoisotopic (exact) mass is 209 g/mol. The highest BCUT2D eigenvalue weighted by atomic mass is 16.4. The largest absolute Gasteiger partial charge is 0.480 e. The molecule has 0 spiro atoms. The highest BCUT2D eigenvalue weighted by Crippen LogP contribution is 2.20. The summed E-state index contributed by atoms with van der Waals surface area (Å²) in [5.74, 6) is -1.22. The van der Waals surface area contributed by atoms with Crippen LogP contribution in [0.5, 0.6) is 0 Å². The van der Waals surface area contributed by atoms with Crippen LogP contribution in [0.15, 0.2) is 6.33 Å². The zero-order valence-corrected chi connectivity index (χ0v) is 8.23. The summed E-state index contributed by atoms with van der Waals surface area (Å²) >= 11 is 0. The number of nitrogens with zero attached hydrogens (tertiary/aromatic N) is 2. The molecule has 2 N–H and O–H groups in total. The highest BCUT2D eigenvalue weighted by molar-refractivity contribution is 5.83. The lowest BCUT2D eigenvalue weighted by Gasteiger charge is -2.31. The molecule has 6 heteroatoms. The van der Waals surface area contributed by atoms with Gasteiger partial charge in [0.05, 0.1) is 18.6 Å². The van der Waals surface area contributed by atoms with Gasteiger partial charge < -0.3 is 15.0 Å². The summed E-state index contributed by atoms with van der Waals surface area (Å²) in [5, 5.41) is 8.99. The van der Waals surface area contributed by atoms with E-state index in [0.29, 0.717) is 6.42 Å². The van der Waals surface area contributed by atoms with E-state index in [2.05, 4.69) is 9.97 Å². The van der Waals surface area contributed by atoms with Gasteiger partial charge in [0.25, 0.3) is 0 Å². The fourth-order valence-corrected chi connectivity index (χ4v) is 1.79. The first-order valence-corrected chi connectivity index (χ1v) is 4.60. The lowest BCUT2D eigenvalue weighted by Crippen LogP contribution is -2.47. The second-order valence-electron chi connectivity index (χ2n) is 3.53. The van der Waals surface area contributed by atoms with Crippen molar-refractivity contribution < 1.29 is 14.7 Å². The third-order valence-electron chi connectivity index (χ3n) is 2.59. The maximum absolute atomic E-state index is 11.3. The Morgan fingerprint density at radius 1 is 1.67 bits per heavy atom. The number of rotatable bonds is 1. The van der Waals surface area contributed by atoms with Gasteiger partial charge in [0.1, 0.15) is 6.04 Å². The molecule has 1 aromatic rings. The maximum Gasteiger partial charge on any atom is 0.326 e. The molecule has 80 valence electrons. The summed E-state index contributed by atoms with van der Waals surface area (Å²) in [7, 11) is 0. The molecule has 0 bridgehead atoms. The summed E-state index contributed by atoms with van der Waals surface area (Å²) in [6.07, 6.45) is 1.82. The second kappa shape index (κ2) is 3.38. The summed E-state index contributed by atoms with van der Waals surface area (Å²) in [5.41, 5.74) is 1.56. The highest BCUT2D eigenvalue weighted by Gasteiger charge is 2.34. The van der Waals surface area contributed by atoms with Gasteiger partial charge in [-0.3, -0.25) is 4.79 Å². The van der Waals surface area contributed by atoms with Crippen molar-refractivity contribution in [3.63, 3.8) is 0 Å². The Hall–Kier alpha value is -1.85. The van der Waals surface area contributed by atoms with Crippen molar-refractivity contribution in [2.45, 2.75) is 25.9 Å². The Balaban J connectivity index is 2.33. The number of H-pyrrole nitrogens is 1. The number of carboxylic acid groups (broad SMARTS) is 1. The number of amides is 1. The Morgan fingerprint density at radius 2 is 2.40 bits per heavy atom. The van der Waals surface area contributed by atoms with E-state index in [0.717, 1.165) is 11.4 Å². The van der Waals surface area contributed by atoms with Crippen LogP contribution in [0, 0.1) is 0 Å². The van der Waals surface area contributed by atoms with Crippen molar-refractivity contribution >= 4 is 11.9 Å². The van der Waals surface area contributed by atoms with E-state index in [1.165, 1.54) is 18.2 Å². The van der Waals surface area contributed by atoms with Gasteiger partial charge in [-0.1, -0.05) is 0 Å². The number of fused-ring (bicyclic) bond motifs is 1. The van der Waals surface area contributed by atoms with E-state index >= 15 is 0 Å². The minimum Gasteiger partial charge on any atom is -0.480 e. The molecule has 0 saturated carbocycles. The molecule has 0 saturated heterocycles. The number of carboxylic acids is 1. The van der Waals surface area contributed by atoms with Gasteiger partial charge in [-0.05, 0) is 0 Å². The van der Waals surface area contributed by atoms with Gasteiger partial charge in [0.15, 0.2) is 0 Å². The average molecular weight is 209 g/mol. The number of aromatic amines is 1. The number of nitrogens with one attached hydrogen (secondary N) is 1. The van der Waals surface area contributed by atoms with E-state index in [4.69, 9.17) is 5.11 Å². The number of imidazole rings is 1. The quantitative estimate of drug-likeness (QED) is 0.668. The van der Waals surface area contributed by atoms with Crippen molar-refractivity contribution in [2.75, 3.05) is 0 Å². The zero-order valence-electron chi connectivity index (χ0n) is 8.23. The van der Waals surface area contributed by atoms with Crippen LogP contribution in [0.25, 0.3) is 0 Å². The number of carbonyl (C=O) groups excluding carboxylic acids is 1. The van der Waals surface area contributed by atoms with Crippen LogP contribution in [0.4, 0.5) is 0 Å². The summed E-state index contributed by atoms with van der Waals surface area (Å²) in [4.78, 5) is 30.5. The van der Waals surface area contributed by atoms with E-state index in [1.807, 2.05) is 0 Å². The van der Waals surface area contributed by atoms with Gasteiger partial charge in [0.2, 0.25) is 5.91 Å². The Labute approximate surface area is 85.9 Å². The van der Waals surface area contributed by atoms with Gasteiger partial charge in [-0.25, -0.2) is 9.78 Å². The summed E-state index contributed by atoms with van der Waals surface area (Å²) < 4.78 is 0. The molecule has 1 aliphatic rings. The average Bonchev–Trinajstić information content (AvgIpc) is 2.61. The Bertz CT molecular complexity index is 376. The lowest BCUT2D eigenvalue weighted by atomic mass is 10.0. The minimum absolute atomic E-state index is 0.240. The predicted octanol–water partition coefficient (Wildman–Crippen LogP) is -0.233. The number of carbonyl (C=O) groups is 2. The third-order valence-corrected chi connectivity index (χ3v) is 2.59. The lowest BCUT2D eigenvalue weighted by molar-refractivity contribution is -0.150. The van der Waals surface area contributed by atoms with E-state index in [1.54, 1.807) is 0 Å². The zero-order chi connectivity index (χ0) is 11.0. The molecule has 6 nitrogen and oxygen atoms in total. The molecule has 0 aliphatic carbocycles. The molecule has 2 heterocycles. The van der Waals surface area contributed by atoms with Crippen LogP contribution in [0.2, 0.25) is 0 Å². The van der Waals surface area contributed by atoms with Gasteiger partial charge >= 0.3 is 5.97 Å².